The zero-order valence-corrected chi connectivity index (χ0v) is 12.4. The van der Waals surface area contributed by atoms with Gasteiger partial charge in [0.25, 0.3) is 0 Å². The van der Waals surface area contributed by atoms with Crippen LogP contribution in [0.4, 0.5) is 0 Å². The zero-order valence-electron chi connectivity index (χ0n) is 12.4. The van der Waals surface area contributed by atoms with Crippen LogP contribution in [0.15, 0.2) is 30.3 Å². The largest absolute Gasteiger partial charge is 0.316 e. The molecule has 0 bridgehead atoms. The van der Waals surface area contributed by atoms with Crippen LogP contribution in [0, 0.1) is 11.3 Å². The predicted octanol–water partition coefficient (Wildman–Crippen LogP) is 3.53. The molecule has 1 heterocycles. The molecule has 1 aromatic carbocycles. The van der Waals surface area contributed by atoms with Gasteiger partial charge in [-0.15, -0.1) is 0 Å². The number of carbonyl (C=O) groups excluding carboxylic acids is 1. The fraction of sp³-hybridized carbons (Fsp3) is 0.611. The third-order valence-electron chi connectivity index (χ3n) is 5.08. The fourth-order valence-corrected chi connectivity index (χ4v) is 3.94. The van der Waals surface area contributed by atoms with Crippen LogP contribution < -0.4 is 5.32 Å². The highest BCUT2D eigenvalue weighted by Gasteiger charge is 2.51. The van der Waals surface area contributed by atoms with Crippen LogP contribution in [0.25, 0.3) is 0 Å². The van der Waals surface area contributed by atoms with Gasteiger partial charge in [-0.05, 0) is 43.7 Å². The highest BCUT2D eigenvalue weighted by Crippen LogP contribution is 2.52. The number of hydrogen-bond donors (Lipinski definition) is 1. The van der Waals surface area contributed by atoms with Crippen molar-refractivity contribution in [3.8, 4) is 0 Å². The Morgan fingerprint density at radius 2 is 2.15 bits per heavy atom. The van der Waals surface area contributed by atoms with Gasteiger partial charge in [-0.3, -0.25) is 4.79 Å². The van der Waals surface area contributed by atoms with E-state index >= 15 is 0 Å². The molecule has 0 radical (unpaired) electrons. The average Bonchev–Trinajstić information content (AvgIpc) is 3.29. The van der Waals surface area contributed by atoms with Crippen molar-refractivity contribution in [1.82, 2.24) is 5.32 Å². The molecule has 0 aromatic heterocycles. The molecule has 2 aliphatic rings. The van der Waals surface area contributed by atoms with Gasteiger partial charge in [0.15, 0.2) is 0 Å². The summed E-state index contributed by atoms with van der Waals surface area (Å²) in [5.41, 5.74) is 1.28. The van der Waals surface area contributed by atoms with Gasteiger partial charge in [0, 0.05) is 17.9 Å². The lowest BCUT2D eigenvalue weighted by molar-refractivity contribution is -0.131. The maximum Gasteiger partial charge on any atom is 0.144 e. The van der Waals surface area contributed by atoms with E-state index in [9.17, 15) is 4.79 Å². The van der Waals surface area contributed by atoms with E-state index < -0.39 is 0 Å². The van der Waals surface area contributed by atoms with Crippen molar-refractivity contribution in [1.29, 1.82) is 0 Å². The summed E-state index contributed by atoms with van der Waals surface area (Å²) in [6, 6.07) is 10.6. The predicted molar refractivity (Wildman–Crippen MR) is 81.7 cm³/mol. The van der Waals surface area contributed by atoms with E-state index in [1.165, 1.54) is 5.56 Å². The second-order valence-corrected chi connectivity index (χ2v) is 6.53. The van der Waals surface area contributed by atoms with Crippen LogP contribution in [0.1, 0.15) is 50.5 Å². The molecule has 1 aliphatic heterocycles. The molecule has 3 rings (SSSR count). The van der Waals surface area contributed by atoms with Crippen molar-refractivity contribution in [3.05, 3.63) is 35.9 Å². The first-order chi connectivity index (χ1) is 9.77. The number of Topliss-reactive ketones (excluding diaryl/α,β-unsaturated/α-hetero) is 1. The number of rotatable bonds is 5. The highest BCUT2D eigenvalue weighted by atomic mass is 16.1. The monoisotopic (exact) mass is 271 g/mol. The van der Waals surface area contributed by atoms with Crippen molar-refractivity contribution in [2.45, 2.75) is 44.9 Å². The lowest BCUT2D eigenvalue weighted by Crippen LogP contribution is -2.46. The molecule has 1 aliphatic carbocycles. The number of carbonyl (C=O) groups is 1. The molecule has 20 heavy (non-hydrogen) atoms. The van der Waals surface area contributed by atoms with Gasteiger partial charge >= 0.3 is 0 Å². The minimum Gasteiger partial charge on any atom is -0.316 e. The second kappa shape index (κ2) is 5.69. The maximum atomic E-state index is 13.0. The molecule has 1 aromatic rings. The summed E-state index contributed by atoms with van der Waals surface area (Å²) in [5, 5.41) is 3.46. The molecular formula is C18H25NO. The van der Waals surface area contributed by atoms with E-state index in [-0.39, 0.29) is 11.3 Å². The first-order valence-corrected chi connectivity index (χ1v) is 8.07. The minimum atomic E-state index is -0.0683. The van der Waals surface area contributed by atoms with Gasteiger partial charge < -0.3 is 5.32 Å². The van der Waals surface area contributed by atoms with Crippen molar-refractivity contribution >= 4 is 5.78 Å². The number of hydrogen-bond acceptors (Lipinski definition) is 2. The summed E-state index contributed by atoms with van der Waals surface area (Å²) >= 11 is 0. The normalized spacial score (nSPS) is 32.9. The zero-order chi connectivity index (χ0) is 14.0. The highest BCUT2D eigenvalue weighted by molar-refractivity contribution is 5.90. The van der Waals surface area contributed by atoms with Gasteiger partial charge in [-0.2, -0.15) is 0 Å². The molecule has 2 fully saturated rings. The van der Waals surface area contributed by atoms with Crippen LogP contribution in [-0.2, 0) is 4.79 Å². The van der Waals surface area contributed by atoms with Crippen molar-refractivity contribution in [3.63, 3.8) is 0 Å². The Hall–Kier alpha value is -1.15. The van der Waals surface area contributed by atoms with Crippen molar-refractivity contribution in [2.24, 2.45) is 11.3 Å². The standard InChI is InChI=1S/C18H25NO/c1-2-9-18(10-6-11-19-13-18)17(20)16-12-15(16)14-7-4-3-5-8-14/h3-5,7-8,15-16,19H,2,6,9-13H2,1H3. The molecule has 2 heteroatoms. The SMILES string of the molecule is CCCC1(C(=O)C2CC2c2ccccc2)CCCNC1. The summed E-state index contributed by atoms with van der Waals surface area (Å²) < 4.78 is 0. The Bertz CT molecular complexity index is 456. The van der Waals surface area contributed by atoms with E-state index in [4.69, 9.17) is 0 Å². The van der Waals surface area contributed by atoms with E-state index in [1.807, 2.05) is 6.07 Å². The summed E-state index contributed by atoms with van der Waals surface area (Å²) in [7, 11) is 0. The molecule has 0 amide bonds. The van der Waals surface area contributed by atoms with E-state index in [0.29, 0.717) is 11.7 Å². The molecule has 2 nitrogen and oxygen atoms in total. The third kappa shape index (κ3) is 2.54. The molecule has 1 saturated carbocycles. The van der Waals surface area contributed by atoms with Gasteiger partial charge in [0.05, 0.1) is 0 Å². The Labute approximate surface area is 122 Å². The van der Waals surface area contributed by atoms with E-state index in [0.717, 1.165) is 45.2 Å². The lowest BCUT2D eigenvalue weighted by Gasteiger charge is -2.36. The van der Waals surface area contributed by atoms with E-state index in [2.05, 4.69) is 36.5 Å². The summed E-state index contributed by atoms with van der Waals surface area (Å²) in [4.78, 5) is 13.0. The van der Waals surface area contributed by atoms with Gasteiger partial charge in [-0.1, -0.05) is 43.7 Å². The van der Waals surface area contributed by atoms with Crippen molar-refractivity contribution < 1.29 is 4.79 Å². The maximum absolute atomic E-state index is 13.0. The molecular weight excluding hydrogens is 246 g/mol. The average molecular weight is 271 g/mol. The Balaban J connectivity index is 1.72. The Kier molecular flexibility index (Phi) is 3.93. The first-order valence-electron chi connectivity index (χ1n) is 8.07. The minimum absolute atomic E-state index is 0.0683. The summed E-state index contributed by atoms with van der Waals surface area (Å²) in [6.07, 6.45) is 5.46. The number of nitrogens with one attached hydrogen (secondary N) is 1. The smallest absolute Gasteiger partial charge is 0.144 e. The van der Waals surface area contributed by atoms with Crippen LogP contribution in [0.5, 0.6) is 0 Å². The van der Waals surface area contributed by atoms with Crippen LogP contribution in [-0.4, -0.2) is 18.9 Å². The first kappa shape index (κ1) is 13.8. The molecule has 3 unspecified atom stereocenters. The molecule has 108 valence electrons. The quantitative estimate of drug-likeness (QED) is 0.887. The van der Waals surface area contributed by atoms with Crippen LogP contribution in [0.3, 0.4) is 0 Å². The van der Waals surface area contributed by atoms with E-state index in [1.54, 1.807) is 0 Å². The number of piperidine rings is 1. The van der Waals surface area contributed by atoms with Gasteiger partial charge in [0.1, 0.15) is 5.78 Å². The molecule has 3 atom stereocenters. The Morgan fingerprint density at radius 3 is 2.80 bits per heavy atom. The van der Waals surface area contributed by atoms with Crippen LogP contribution >= 0.6 is 0 Å². The fourth-order valence-electron chi connectivity index (χ4n) is 3.94. The molecule has 0 spiro atoms. The van der Waals surface area contributed by atoms with Gasteiger partial charge in [-0.25, -0.2) is 0 Å². The van der Waals surface area contributed by atoms with Crippen molar-refractivity contribution in [2.75, 3.05) is 13.1 Å². The summed E-state index contributed by atoms with van der Waals surface area (Å²) in [5.74, 6) is 1.31. The Morgan fingerprint density at radius 1 is 1.35 bits per heavy atom. The second-order valence-electron chi connectivity index (χ2n) is 6.53. The van der Waals surface area contributed by atoms with Gasteiger partial charge in [0.2, 0.25) is 0 Å². The number of benzene rings is 1. The molecule has 1 saturated heterocycles. The number of ketones is 1. The van der Waals surface area contributed by atoms with Crippen LogP contribution in [0.2, 0.25) is 0 Å². The topological polar surface area (TPSA) is 29.1 Å². The summed E-state index contributed by atoms with van der Waals surface area (Å²) in [6.45, 7) is 4.18. The lowest BCUT2D eigenvalue weighted by atomic mass is 9.72. The molecule has 1 N–H and O–H groups in total. The third-order valence-corrected chi connectivity index (χ3v) is 5.08.